The zero-order chi connectivity index (χ0) is 12.6. The minimum absolute atomic E-state index is 0.248. The highest BCUT2D eigenvalue weighted by Gasteiger charge is 2.34. The van der Waals surface area contributed by atoms with Gasteiger partial charge in [-0.15, -0.1) is 0 Å². The molecule has 2 unspecified atom stereocenters. The normalized spacial score (nSPS) is 22.7. The molecule has 0 radical (unpaired) electrons. The van der Waals surface area contributed by atoms with E-state index in [1.54, 1.807) is 0 Å². The van der Waals surface area contributed by atoms with Crippen LogP contribution >= 0.6 is 0 Å². The molecule has 0 aromatic heterocycles. The predicted octanol–water partition coefficient (Wildman–Crippen LogP) is 1.99. The van der Waals surface area contributed by atoms with Crippen LogP contribution in [0.15, 0.2) is 12.1 Å². The summed E-state index contributed by atoms with van der Waals surface area (Å²) >= 11 is 0. The van der Waals surface area contributed by atoms with Crippen molar-refractivity contribution in [3.05, 3.63) is 23.3 Å². The molecule has 0 aliphatic carbocycles. The molecule has 4 heteroatoms. The van der Waals surface area contributed by atoms with E-state index in [9.17, 15) is 9.90 Å². The fourth-order valence-electron chi connectivity index (χ4n) is 2.41. The van der Waals surface area contributed by atoms with Gasteiger partial charge in [-0.3, -0.25) is 4.79 Å². The van der Waals surface area contributed by atoms with Gasteiger partial charge in [-0.2, -0.15) is 0 Å². The van der Waals surface area contributed by atoms with Gasteiger partial charge in [0.15, 0.2) is 0 Å². The lowest BCUT2D eigenvalue weighted by molar-refractivity contribution is -0.145. The third-order valence-corrected chi connectivity index (χ3v) is 3.25. The van der Waals surface area contributed by atoms with Crippen molar-refractivity contribution in [1.82, 2.24) is 0 Å². The van der Waals surface area contributed by atoms with Gasteiger partial charge in [-0.25, -0.2) is 0 Å². The molecule has 1 heterocycles. The van der Waals surface area contributed by atoms with E-state index in [1.165, 1.54) is 0 Å². The molecule has 0 saturated heterocycles. The average Bonchev–Trinajstić information content (AvgIpc) is 2.27. The highest BCUT2D eigenvalue weighted by molar-refractivity contribution is 5.72. The summed E-state index contributed by atoms with van der Waals surface area (Å²) in [7, 11) is 0. The van der Waals surface area contributed by atoms with E-state index < -0.39 is 11.9 Å². The van der Waals surface area contributed by atoms with E-state index in [-0.39, 0.29) is 6.10 Å². The van der Waals surface area contributed by atoms with Crippen molar-refractivity contribution in [3.63, 3.8) is 0 Å². The second-order valence-electron chi connectivity index (χ2n) is 4.54. The SMILES string of the molecule is CCC1Oc2c(C)cc(N)cc2CC1C(=O)O. The van der Waals surface area contributed by atoms with Crippen LogP contribution in [0.25, 0.3) is 0 Å². The Balaban J connectivity index is 2.42. The van der Waals surface area contributed by atoms with Crippen molar-refractivity contribution >= 4 is 11.7 Å². The highest BCUT2D eigenvalue weighted by atomic mass is 16.5. The summed E-state index contributed by atoms with van der Waals surface area (Å²) in [6.45, 7) is 3.88. The quantitative estimate of drug-likeness (QED) is 0.769. The Bertz CT molecular complexity index is 456. The molecule has 17 heavy (non-hydrogen) atoms. The number of nitrogens with two attached hydrogens (primary N) is 1. The van der Waals surface area contributed by atoms with Crippen LogP contribution in [0.5, 0.6) is 5.75 Å². The number of aryl methyl sites for hydroxylation is 1. The summed E-state index contributed by atoms with van der Waals surface area (Å²) in [5, 5.41) is 9.19. The molecule has 1 aliphatic heterocycles. The van der Waals surface area contributed by atoms with Crippen molar-refractivity contribution in [1.29, 1.82) is 0 Å². The minimum Gasteiger partial charge on any atom is -0.489 e. The lowest BCUT2D eigenvalue weighted by Crippen LogP contribution is -2.37. The van der Waals surface area contributed by atoms with Crippen LogP contribution in [-0.4, -0.2) is 17.2 Å². The summed E-state index contributed by atoms with van der Waals surface area (Å²) in [5.74, 6) is -0.472. The lowest BCUT2D eigenvalue weighted by Gasteiger charge is -2.31. The van der Waals surface area contributed by atoms with Crippen molar-refractivity contribution in [2.75, 3.05) is 5.73 Å². The van der Waals surface area contributed by atoms with Gasteiger partial charge in [-0.1, -0.05) is 6.92 Å². The Labute approximate surface area is 100 Å². The number of carboxylic acid groups (broad SMARTS) is 1. The summed E-state index contributed by atoms with van der Waals surface area (Å²) in [4.78, 5) is 11.2. The van der Waals surface area contributed by atoms with Crippen LogP contribution < -0.4 is 10.5 Å². The third kappa shape index (κ3) is 2.07. The Morgan fingerprint density at radius 1 is 1.59 bits per heavy atom. The number of rotatable bonds is 2. The van der Waals surface area contributed by atoms with Crippen molar-refractivity contribution in [2.45, 2.75) is 32.8 Å². The van der Waals surface area contributed by atoms with E-state index in [1.807, 2.05) is 26.0 Å². The van der Waals surface area contributed by atoms with E-state index >= 15 is 0 Å². The number of fused-ring (bicyclic) bond motifs is 1. The van der Waals surface area contributed by atoms with Gasteiger partial charge in [0.2, 0.25) is 0 Å². The molecule has 0 spiro atoms. The van der Waals surface area contributed by atoms with Crippen molar-refractivity contribution in [2.24, 2.45) is 5.92 Å². The number of carboxylic acids is 1. The fourth-order valence-corrected chi connectivity index (χ4v) is 2.41. The number of hydrogen-bond acceptors (Lipinski definition) is 3. The zero-order valence-electron chi connectivity index (χ0n) is 10.1. The molecule has 0 amide bonds. The van der Waals surface area contributed by atoms with Gasteiger partial charge in [0.25, 0.3) is 0 Å². The Hall–Kier alpha value is -1.71. The second kappa shape index (κ2) is 4.28. The van der Waals surface area contributed by atoms with E-state index in [0.29, 0.717) is 18.5 Å². The summed E-state index contributed by atoms with van der Waals surface area (Å²) in [5.41, 5.74) is 8.30. The highest BCUT2D eigenvalue weighted by Crippen LogP contribution is 2.36. The van der Waals surface area contributed by atoms with E-state index in [2.05, 4.69) is 0 Å². The number of anilines is 1. The van der Waals surface area contributed by atoms with Crippen LogP contribution in [0.4, 0.5) is 5.69 Å². The molecule has 4 nitrogen and oxygen atoms in total. The molecule has 2 atom stereocenters. The number of benzene rings is 1. The Morgan fingerprint density at radius 3 is 2.88 bits per heavy atom. The molecule has 0 bridgehead atoms. The molecule has 1 aromatic carbocycles. The third-order valence-electron chi connectivity index (χ3n) is 3.25. The summed E-state index contributed by atoms with van der Waals surface area (Å²) in [6.07, 6.45) is 0.942. The molecule has 1 aliphatic rings. The minimum atomic E-state index is -0.803. The summed E-state index contributed by atoms with van der Waals surface area (Å²) < 4.78 is 5.80. The first kappa shape index (κ1) is 11.8. The standard InChI is InChI=1S/C13H17NO3/c1-3-11-10(13(15)16)6-8-5-9(14)4-7(2)12(8)17-11/h4-5,10-11H,3,6,14H2,1-2H3,(H,15,16). The number of ether oxygens (including phenoxy) is 1. The number of aliphatic carboxylic acids is 1. The van der Waals surface area contributed by atoms with Gasteiger partial charge in [0.05, 0.1) is 5.92 Å². The predicted molar refractivity (Wildman–Crippen MR) is 65.1 cm³/mol. The van der Waals surface area contributed by atoms with Crippen LogP contribution in [-0.2, 0) is 11.2 Å². The van der Waals surface area contributed by atoms with E-state index in [0.717, 1.165) is 16.9 Å². The average molecular weight is 235 g/mol. The zero-order valence-corrected chi connectivity index (χ0v) is 10.1. The molecule has 2 rings (SSSR count). The van der Waals surface area contributed by atoms with Crippen molar-refractivity contribution in [3.8, 4) is 5.75 Å². The van der Waals surface area contributed by atoms with Crippen LogP contribution in [0.1, 0.15) is 24.5 Å². The van der Waals surface area contributed by atoms with Gasteiger partial charge >= 0.3 is 5.97 Å². The Kier molecular flexibility index (Phi) is 2.96. The summed E-state index contributed by atoms with van der Waals surface area (Å²) in [6, 6.07) is 3.66. The second-order valence-corrected chi connectivity index (χ2v) is 4.54. The van der Waals surface area contributed by atoms with Gasteiger partial charge in [-0.05, 0) is 43.0 Å². The maximum atomic E-state index is 11.2. The van der Waals surface area contributed by atoms with Gasteiger partial charge < -0.3 is 15.6 Å². The monoisotopic (exact) mass is 235 g/mol. The molecule has 1 aromatic rings. The molecule has 3 N–H and O–H groups in total. The molecule has 92 valence electrons. The molecule has 0 saturated carbocycles. The van der Waals surface area contributed by atoms with Crippen LogP contribution in [0.3, 0.4) is 0 Å². The number of hydrogen-bond donors (Lipinski definition) is 2. The fraction of sp³-hybridized carbons (Fsp3) is 0.462. The topological polar surface area (TPSA) is 72.5 Å². The van der Waals surface area contributed by atoms with Gasteiger partial charge in [0.1, 0.15) is 11.9 Å². The molecular weight excluding hydrogens is 218 g/mol. The molecular formula is C13H17NO3. The Morgan fingerprint density at radius 2 is 2.29 bits per heavy atom. The van der Waals surface area contributed by atoms with Crippen LogP contribution in [0, 0.1) is 12.8 Å². The largest absolute Gasteiger partial charge is 0.489 e. The van der Waals surface area contributed by atoms with Crippen LogP contribution in [0.2, 0.25) is 0 Å². The maximum Gasteiger partial charge on any atom is 0.310 e. The lowest BCUT2D eigenvalue weighted by atomic mass is 9.88. The number of nitrogen functional groups attached to an aromatic ring is 1. The maximum absolute atomic E-state index is 11.2. The van der Waals surface area contributed by atoms with Crippen molar-refractivity contribution < 1.29 is 14.6 Å². The number of carbonyl (C=O) groups is 1. The first-order valence-electron chi connectivity index (χ1n) is 5.81. The van der Waals surface area contributed by atoms with E-state index in [4.69, 9.17) is 10.5 Å². The smallest absolute Gasteiger partial charge is 0.310 e. The van der Waals surface area contributed by atoms with Gasteiger partial charge in [0, 0.05) is 5.69 Å². The molecule has 0 fully saturated rings. The first-order valence-corrected chi connectivity index (χ1v) is 5.81. The first-order chi connectivity index (χ1) is 8.02.